The van der Waals surface area contributed by atoms with Gasteiger partial charge in [0.2, 0.25) is 10.0 Å². The van der Waals surface area contributed by atoms with Crippen molar-refractivity contribution < 1.29 is 17.9 Å². The molecule has 0 saturated carbocycles. The van der Waals surface area contributed by atoms with Crippen LogP contribution in [0.4, 0.5) is 0 Å². The molecular weight excluding hydrogens is 316 g/mol. The Bertz CT molecular complexity index is 667. The zero-order valence-corrected chi connectivity index (χ0v) is 14.6. The smallest absolute Gasteiger partial charge is 0.251 e. The van der Waals surface area contributed by atoms with E-state index in [-0.39, 0.29) is 16.8 Å². The molecule has 0 aliphatic carbocycles. The van der Waals surface area contributed by atoms with Crippen molar-refractivity contribution in [2.24, 2.45) is 0 Å². The second-order valence-electron chi connectivity index (χ2n) is 5.92. The van der Waals surface area contributed by atoms with E-state index in [0.717, 1.165) is 18.4 Å². The van der Waals surface area contributed by atoms with E-state index in [2.05, 4.69) is 5.32 Å². The number of rotatable bonds is 6. The minimum Gasteiger partial charge on any atom is -0.383 e. The topological polar surface area (TPSA) is 75.7 Å². The fourth-order valence-electron chi connectivity index (χ4n) is 2.68. The van der Waals surface area contributed by atoms with E-state index in [1.807, 2.05) is 6.92 Å². The Hall–Kier alpha value is -1.44. The molecule has 7 heteroatoms. The second-order valence-corrected chi connectivity index (χ2v) is 7.86. The molecule has 1 atom stereocenters. The number of hydrogen-bond acceptors (Lipinski definition) is 4. The van der Waals surface area contributed by atoms with Crippen molar-refractivity contribution in [1.82, 2.24) is 9.62 Å². The van der Waals surface area contributed by atoms with Gasteiger partial charge in [-0.25, -0.2) is 8.42 Å². The summed E-state index contributed by atoms with van der Waals surface area (Å²) in [5.74, 6) is -0.287. The SMILES string of the molecule is COC[C@@H](C)NC(=O)c1cc(S(=O)(=O)N2CCCC2)ccc1C. The van der Waals surface area contributed by atoms with Crippen molar-refractivity contribution in [1.29, 1.82) is 0 Å². The fraction of sp³-hybridized carbons (Fsp3) is 0.562. The van der Waals surface area contributed by atoms with Crippen molar-refractivity contribution >= 4 is 15.9 Å². The van der Waals surface area contributed by atoms with Gasteiger partial charge in [0.05, 0.1) is 11.5 Å². The van der Waals surface area contributed by atoms with E-state index in [4.69, 9.17) is 4.74 Å². The van der Waals surface area contributed by atoms with Crippen LogP contribution < -0.4 is 5.32 Å². The summed E-state index contributed by atoms with van der Waals surface area (Å²) in [6.07, 6.45) is 1.76. The molecule has 128 valence electrons. The summed E-state index contributed by atoms with van der Waals surface area (Å²) in [4.78, 5) is 12.6. The Balaban J connectivity index is 2.26. The number of benzene rings is 1. The van der Waals surface area contributed by atoms with Crippen LogP contribution >= 0.6 is 0 Å². The van der Waals surface area contributed by atoms with Crippen LogP contribution in [0.25, 0.3) is 0 Å². The van der Waals surface area contributed by atoms with Crippen LogP contribution in [0.5, 0.6) is 0 Å². The number of carbonyl (C=O) groups excluding carboxylic acids is 1. The van der Waals surface area contributed by atoms with Gasteiger partial charge in [-0.05, 0) is 44.4 Å². The summed E-state index contributed by atoms with van der Waals surface area (Å²) in [6, 6.07) is 4.57. The minimum absolute atomic E-state index is 0.147. The summed E-state index contributed by atoms with van der Waals surface area (Å²) in [7, 11) is -1.95. The average Bonchev–Trinajstić information content (AvgIpc) is 3.02. The lowest BCUT2D eigenvalue weighted by Gasteiger charge is -2.18. The molecule has 1 aliphatic rings. The van der Waals surface area contributed by atoms with Crippen LogP contribution in [0.1, 0.15) is 35.7 Å². The molecular formula is C16H24N2O4S. The first-order valence-electron chi connectivity index (χ1n) is 7.77. The number of methoxy groups -OCH3 is 1. The highest BCUT2D eigenvalue weighted by molar-refractivity contribution is 7.89. The maximum Gasteiger partial charge on any atom is 0.251 e. The number of nitrogens with zero attached hydrogens (tertiary/aromatic N) is 1. The van der Waals surface area contributed by atoms with Crippen molar-refractivity contribution in [3.8, 4) is 0 Å². The van der Waals surface area contributed by atoms with Gasteiger partial charge in [-0.1, -0.05) is 6.07 Å². The van der Waals surface area contributed by atoms with E-state index in [1.54, 1.807) is 26.2 Å². The van der Waals surface area contributed by atoms with Gasteiger partial charge in [0.15, 0.2) is 0 Å². The van der Waals surface area contributed by atoms with Crippen LogP contribution in [0.2, 0.25) is 0 Å². The summed E-state index contributed by atoms with van der Waals surface area (Å²) < 4.78 is 31.7. The normalized spacial score (nSPS) is 17.2. The molecule has 0 bridgehead atoms. The predicted molar refractivity (Wildman–Crippen MR) is 88.0 cm³/mol. The van der Waals surface area contributed by atoms with Gasteiger partial charge in [-0.2, -0.15) is 4.31 Å². The van der Waals surface area contributed by atoms with E-state index in [1.165, 1.54) is 10.4 Å². The third kappa shape index (κ3) is 4.10. The Kier molecular flexibility index (Phi) is 5.78. The molecule has 1 aromatic rings. The Labute approximate surface area is 137 Å². The van der Waals surface area contributed by atoms with Crippen molar-refractivity contribution in [2.75, 3.05) is 26.8 Å². The lowest BCUT2D eigenvalue weighted by Crippen LogP contribution is -2.36. The highest BCUT2D eigenvalue weighted by Crippen LogP contribution is 2.23. The lowest BCUT2D eigenvalue weighted by molar-refractivity contribution is 0.0904. The van der Waals surface area contributed by atoms with Crippen LogP contribution in [0.15, 0.2) is 23.1 Å². The van der Waals surface area contributed by atoms with Crippen LogP contribution in [-0.2, 0) is 14.8 Å². The maximum absolute atomic E-state index is 12.6. The van der Waals surface area contributed by atoms with Gasteiger partial charge in [0, 0.05) is 31.8 Å². The van der Waals surface area contributed by atoms with Crippen molar-refractivity contribution in [2.45, 2.75) is 37.6 Å². The quantitative estimate of drug-likeness (QED) is 0.852. The number of amides is 1. The minimum atomic E-state index is -3.52. The predicted octanol–water partition coefficient (Wildman–Crippen LogP) is 1.54. The van der Waals surface area contributed by atoms with E-state index in [9.17, 15) is 13.2 Å². The number of aryl methyl sites for hydroxylation is 1. The standard InChI is InChI=1S/C16H24N2O4S/c1-12-6-7-14(23(20,21)18-8-4-5-9-18)10-15(12)16(19)17-13(2)11-22-3/h6-7,10,13H,4-5,8-9,11H2,1-3H3,(H,17,19)/t13-/m1/s1. The number of carbonyl (C=O) groups is 1. The third-order valence-corrected chi connectivity index (χ3v) is 5.85. The Morgan fingerprint density at radius 3 is 2.61 bits per heavy atom. The Morgan fingerprint density at radius 2 is 2.00 bits per heavy atom. The third-order valence-electron chi connectivity index (χ3n) is 3.95. The highest BCUT2D eigenvalue weighted by atomic mass is 32.2. The fourth-order valence-corrected chi connectivity index (χ4v) is 4.22. The maximum atomic E-state index is 12.6. The van der Waals surface area contributed by atoms with Crippen molar-refractivity contribution in [3.63, 3.8) is 0 Å². The first-order valence-corrected chi connectivity index (χ1v) is 9.21. The lowest BCUT2D eigenvalue weighted by atomic mass is 10.1. The average molecular weight is 340 g/mol. The molecule has 0 spiro atoms. The highest BCUT2D eigenvalue weighted by Gasteiger charge is 2.28. The molecule has 1 aliphatic heterocycles. The number of hydrogen-bond donors (Lipinski definition) is 1. The molecule has 2 rings (SSSR count). The van der Waals surface area contributed by atoms with E-state index >= 15 is 0 Å². The first-order chi connectivity index (χ1) is 10.9. The summed E-state index contributed by atoms with van der Waals surface area (Å²) in [5.41, 5.74) is 1.13. The molecule has 6 nitrogen and oxygen atoms in total. The monoisotopic (exact) mass is 340 g/mol. The zero-order chi connectivity index (χ0) is 17.0. The molecule has 1 amide bonds. The second kappa shape index (κ2) is 7.42. The summed E-state index contributed by atoms with van der Waals surface area (Å²) >= 11 is 0. The van der Waals surface area contributed by atoms with Gasteiger partial charge in [-0.3, -0.25) is 4.79 Å². The van der Waals surface area contributed by atoms with E-state index in [0.29, 0.717) is 25.3 Å². The first kappa shape index (κ1) is 17.9. The van der Waals surface area contributed by atoms with Crippen LogP contribution in [0.3, 0.4) is 0 Å². The number of sulfonamides is 1. The van der Waals surface area contributed by atoms with Gasteiger partial charge in [0.1, 0.15) is 0 Å². The molecule has 0 unspecified atom stereocenters. The van der Waals surface area contributed by atoms with E-state index < -0.39 is 10.0 Å². The zero-order valence-electron chi connectivity index (χ0n) is 13.8. The molecule has 1 heterocycles. The molecule has 1 saturated heterocycles. The van der Waals surface area contributed by atoms with Gasteiger partial charge in [-0.15, -0.1) is 0 Å². The summed E-state index contributed by atoms with van der Waals surface area (Å²) in [5, 5.41) is 2.81. The molecule has 0 aromatic heterocycles. The number of ether oxygens (including phenoxy) is 1. The van der Waals surface area contributed by atoms with Crippen molar-refractivity contribution in [3.05, 3.63) is 29.3 Å². The molecule has 1 fully saturated rings. The van der Waals surface area contributed by atoms with Crippen LogP contribution in [-0.4, -0.2) is 51.5 Å². The molecule has 1 aromatic carbocycles. The molecule has 0 radical (unpaired) electrons. The van der Waals surface area contributed by atoms with Gasteiger partial charge in [0.25, 0.3) is 5.91 Å². The van der Waals surface area contributed by atoms with Gasteiger partial charge >= 0.3 is 0 Å². The summed E-state index contributed by atoms with van der Waals surface area (Å²) in [6.45, 7) is 5.12. The molecule has 23 heavy (non-hydrogen) atoms. The van der Waals surface area contributed by atoms with Crippen LogP contribution in [0, 0.1) is 6.92 Å². The largest absolute Gasteiger partial charge is 0.383 e. The number of nitrogens with one attached hydrogen (secondary N) is 1. The van der Waals surface area contributed by atoms with Gasteiger partial charge < -0.3 is 10.1 Å². The molecule has 1 N–H and O–H groups in total. The Morgan fingerprint density at radius 1 is 1.35 bits per heavy atom.